The number of hydrogen-bond acceptors (Lipinski definition) is 2. The van der Waals surface area contributed by atoms with Crippen LogP contribution in [-0.4, -0.2) is 10.5 Å². The SMILES string of the molecule is Cc1ccc(C(=O)NC(C)c2ccc(Cl)cc2)c(=O)n1-c1cccc(C(F)(F)F)c1. The zero-order valence-corrected chi connectivity index (χ0v) is 16.9. The number of aryl methyl sites for hydroxylation is 1. The number of rotatable bonds is 4. The summed E-state index contributed by atoms with van der Waals surface area (Å²) in [5.41, 5.74) is -0.515. The quantitative estimate of drug-likeness (QED) is 0.605. The fourth-order valence-corrected chi connectivity index (χ4v) is 3.18. The smallest absolute Gasteiger partial charge is 0.345 e. The van der Waals surface area contributed by atoms with Gasteiger partial charge in [-0.3, -0.25) is 14.2 Å². The Hall–Kier alpha value is -3.06. The maximum absolute atomic E-state index is 13.1. The van der Waals surface area contributed by atoms with Crippen LogP contribution in [0.15, 0.2) is 65.5 Å². The molecule has 1 amide bonds. The molecule has 30 heavy (non-hydrogen) atoms. The Morgan fingerprint density at radius 3 is 2.37 bits per heavy atom. The van der Waals surface area contributed by atoms with Gasteiger partial charge in [0, 0.05) is 16.4 Å². The first-order chi connectivity index (χ1) is 14.1. The Kier molecular flexibility index (Phi) is 6.03. The lowest BCUT2D eigenvalue weighted by atomic mass is 10.1. The van der Waals surface area contributed by atoms with Crippen molar-refractivity contribution >= 4 is 17.5 Å². The van der Waals surface area contributed by atoms with Crippen LogP contribution in [0.3, 0.4) is 0 Å². The van der Waals surface area contributed by atoms with E-state index in [1.54, 1.807) is 38.1 Å². The highest BCUT2D eigenvalue weighted by Crippen LogP contribution is 2.30. The second-order valence-electron chi connectivity index (χ2n) is 6.82. The van der Waals surface area contributed by atoms with E-state index >= 15 is 0 Å². The van der Waals surface area contributed by atoms with Crippen molar-refractivity contribution in [2.24, 2.45) is 0 Å². The second kappa shape index (κ2) is 8.36. The van der Waals surface area contributed by atoms with Crippen molar-refractivity contribution in [3.63, 3.8) is 0 Å². The first kappa shape index (κ1) is 21.6. The van der Waals surface area contributed by atoms with Gasteiger partial charge < -0.3 is 5.32 Å². The molecule has 0 spiro atoms. The highest BCUT2D eigenvalue weighted by atomic mass is 35.5. The van der Waals surface area contributed by atoms with Crippen LogP contribution in [-0.2, 0) is 6.18 Å². The second-order valence-corrected chi connectivity index (χ2v) is 7.26. The molecule has 1 heterocycles. The first-order valence-corrected chi connectivity index (χ1v) is 9.42. The van der Waals surface area contributed by atoms with Gasteiger partial charge in [0.25, 0.3) is 11.5 Å². The number of nitrogens with zero attached hydrogens (tertiary/aromatic N) is 1. The Labute approximate surface area is 175 Å². The number of aromatic nitrogens is 1. The molecule has 1 atom stereocenters. The standard InChI is InChI=1S/C22H18ClF3N2O2/c1-13-6-11-19(20(29)27-14(2)15-7-9-17(23)10-8-15)21(30)28(13)18-5-3-4-16(12-18)22(24,25)26/h3-12,14H,1-2H3,(H,27,29). The van der Waals surface area contributed by atoms with Gasteiger partial charge in [0.15, 0.2) is 0 Å². The fraction of sp³-hybridized carbons (Fsp3) is 0.182. The van der Waals surface area contributed by atoms with Crippen molar-refractivity contribution < 1.29 is 18.0 Å². The lowest BCUT2D eigenvalue weighted by Gasteiger charge is -2.16. The Morgan fingerprint density at radius 2 is 1.73 bits per heavy atom. The van der Waals surface area contributed by atoms with Gasteiger partial charge in [0.1, 0.15) is 5.56 Å². The molecule has 1 aromatic heterocycles. The number of carbonyl (C=O) groups is 1. The molecule has 0 aliphatic rings. The van der Waals surface area contributed by atoms with E-state index in [4.69, 9.17) is 11.6 Å². The Bertz CT molecular complexity index is 1140. The summed E-state index contributed by atoms with van der Waals surface area (Å²) in [6.45, 7) is 3.33. The van der Waals surface area contributed by atoms with Crippen molar-refractivity contribution in [2.75, 3.05) is 0 Å². The highest BCUT2D eigenvalue weighted by molar-refractivity contribution is 6.30. The van der Waals surface area contributed by atoms with Crippen LogP contribution in [0.1, 0.15) is 40.1 Å². The highest BCUT2D eigenvalue weighted by Gasteiger charge is 2.30. The minimum absolute atomic E-state index is 0.0349. The number of benzene rings is 2. The van der Waals surface area contributed by atoms with Gasteiger partial charge in [0.2, 0.25) is 0 Å². The van der Waals surface area contributed by atoms with Crippen LogP contribution in [0.4, 0.5) is 13.2 Å². The van der Waals surface area contributed by atoms with Gasteiger partial charge in [-0.05, 0) is 61.9 Å². The topological polar surface area (TPSA) is 51.1 Å². The predicted octanol–water partition coefficient (Wildman–Crippen LogP) is 5.31. The van der Waals surface area contributed by atoms with E-state index in [0.29, 0.717) is 10.7 Å². The summed E-state index contributed by atoms with van der Waals surface area (Å²) in [6, 6.07) is 13.8. The van der Waals surface area contributed by atoms with Crippen molar-refractivity contribution in [3.05, 3.63) is 98.4 Å². The zero-order valence-electron chi connectivity index (χ0n) is 16.1. The third-order valence-electron chi connectivity index (χ3n) is 4.67. The molecule has 0 saturated carbocycles. The first-order valence-electron chi connectivity index (χ1n) is 9.04. The Morgan fingerprint density at radius 1 is 1.07 bits per heavy atom. The lowest BCUT2D eigenvalue weighted by Crippen LogP contribution is -2.34. The third kappa shape index (κ3) is 4.57. The van der Waals surface area contributed by atoms with E-state index in [0.717, 1.165) is 22.3 Å². The molecule has 1 N–H and O–H groups in total. The van der Waals surface area contributed by atoms with E-state index in [1.165, 1.54) is 24.3 Å². The number of carbonyl (C=O) groups excluding carboxylic acids is 1. The summed E-state index contributed by atoms with van der Waals surface area (Å²) in [5.74, 6) is -0.622. The van der Waals surface area contributed by atoms with Crippen LogP contribution in [0.25, 0.3) is 5.69 Å². The number of nitrogens with one attached hydrogen (secondary N) is 1. The van der Waals surface area contributed by atoms with Crippen LogP contribution in [0.5, 0.6) is 0 Å². The van der Waals surface area contributed by atoms with Gasteiger partial charge in [-0.1, -0.05) is 29.8 Å². The van der Waals surface area contributed by atoms with Gasteiger partial charge in [-0.25, -0.2) is 0 Å². The summed E-state index contributed by atoms with van der Waals surface area (Å²) < 4.78 is 40.3. The molecule has 2 aromatic carbocycles. The summed E-state index contributed by atoms with van der Waals surface area (Å²) in [5, 5.41) is 3.29. The molecule has 3 aromatic rings. The molecule has 4 nitrogen and oxygen atoms in total. The minimum Gasteiger partial charge on any atom is -0.345 e. The molecule has 1 unspecified atom stereocenters. The normalized spacial score (nSPS) is 12.5. The number of alkyl halides is 3. The van der Waals surface area contributed by atoms with E-state index < -0.39 is 29.2 Å². The monoisotopic (exact) mass is 434 g/mol. The van der Waals surface area contributed by atoms with Crippen molar-refractivity contribution in [3.8, 4) is 5.69 Å². The largest absolute Gasteiger partial charge is 0.416 e. The molecular formula is C22H18ClF3N2O2. The van der Waals surface area contributed by atoms with Gasteiger partial charge in [-0.15, -0.1) is 0 Å². The number of amides is 1. The average molecular weight is 435 g/mol. The molecule has 0 fully saturated rings. The molecule has 8 heteroatoms. The Balaban J connectivity index is 1.96. The third-order valence-corrected chi connectivity index (χ3v) is 4.92. The van der Waals surface area contributed by atoms with Crippen molar-refractivity contribution in [2.45, 2.75) is 26.1 Å². The van der Waals surface area contributed by atoms with Crippen LogP contribution < -0.4 is 10.9 Å². The van der Waals surface area contributed by atoms with Gasteiger partial charge in [-0.2, -0.15) is 13.2 Å². The maximum atomic E-state index is 13.1. The van der Waals surface area contributed by atoms with Crippen LogP contribution in [0.2, 0.25) is 5.02 Å². The van der Waals surface area contributed by atoms with Gasteiger partial charge >= 0.3 is 6.18 Å². The molecule has 0 aliphatic heterocycles. The molecule has 0 radical (unpaired) electrons. The molecule has 3 rings (SSSR count). The molecule has 156 valence electrons. The fourth-order valence-electron chi connectivity index (χ4n) is 3.05. The maximum Gasteiger partial charge on any atom is 0.416 e. The summed E-state index contributed by atoms with van der Waals surface area (Å²) in [7, 11) is 0. The molecule has 0 aliphatic carbocycles. The van der Waals surface area contributed by atoms with Crippen LogP contribution in [0, 0.1) is 6.92 Å². The summed E-state index contributed by atoms with van der Waals surface area (Å²) in [6.07, 6.45) is -4.55. The summed E-state index contributed by atoms with van der Waals surface area (Å²) >= 11 is 5.87. The zero-order chi connectivity index (χ0) is 22.1. The summed E-state index contributed by atoms with van der Waals surface area (Å²) in [4.78, 5) is 25.7. The van der Waals surface area contributed by atoms with E-state index in [1.807, 2.05) is 0 Å². The van der Waals surface area contributed by atoms with Crippen molar-refractivity contribution in [1.29, 1.82) is 0 Å². The molecule has 0 bridgehead atoms. The minimum atomic E-state index is -4.55. The number of halogens is 4. The van der Waals surface area contributed by atoms with E-state index in [9.17, 15) is 22.8 Å². The lowest BCUT2D eigenvalue weighted by molar-refractivity contribution is -0.137. The van der Waals surface area contributed by atoms with Crippen LogP contribution >= 0.6 is 11.6 Å². The predicted molar refractivity (Wildman–Crippen MR) is 109 cm³/mol. The molecular weight excluding hydrogens is 417 g/mol. The van der Waals surface area contributed by atoms with E-state index in [2.05, 4.69) is 5.32 Å². The number of pyridine rings is 1. The van der Waals surface area contributed by atoms with E-state index in [-0.39, 0.29) is 11.3 Å². The van der Waals surface area contributed by atoms with Gasteiger partial charge in [0.05, 0.1) is 11.6 Å². The average Bonchev–Trinajstić information content (AvgIpc) is 2.68. The molecule has 0 saturated heterocycles. The number of hydrogen-bond donors (Lipinski definition) is 1. The van der Waals surface area contributed by atoms with Crippen molar-refractivity contribution in [1.82, 2.24) is 9.88 Å².